The van der Waals surface area contributed by atoms with Crippen LogP contribution in [0, 0.1) is 6.92 Å². The minimum Gasteiger partial charge on any atom is -0.356 e. The Bertz CT molecular complexity index is 1290. The topological polar surface area (TPSA) is 81.8 Å². The summed E-state index contributed by atoms with van der Waals surface area (Å²) in [7, 11) is 0. The Morgan fingerprint density at radius 2 is 1.91 bits per heavy atom. The lowest BCUT2D eigenvalue weighted by Crippen LogP contribution is -2.29. The lowest BCUT2D eigenvalue weighted by Gasteiger charge is -2.27. The van der Waals surface area contributed by atoms with E-state index in [0.717, 1.165) is 0 Å². The number of aromatic nitrogens is 3. The Labute approximate surface area is 182 Å². The van der Waals surface area contributed by atoms with Crippen LogP contribution in [0.4, 0.5) is 19.0 Å². The summed E-state index contributed by atoms with van der Waals surface area (Å²) in [6.07, 6.45) is 1.14. The first-order valence-corrected chi connectivity index (χ1v) is 10.6. The molecule has 0 radical (unpaired) electrons. The van der Waals surface area contributed by atoms with Crippen molar-refractivity contribution in [2.24, 2.45) is 0 Å². The molecule has 32 heavy (non-hydrogen) atoms. The number of rotatable bonds is 3. The van der Waals surface area contributed by atoms with Gasteiger partial charge in [0.15, 0.2) is 5.43 Å². The van der Waals surface area contributed by atoms with Crippen molar-refractivity contribution in [2.75, 3.05) is 18.0 Å². The van der Waals surface area contributed by atoms with Crippen LogP contribution in [0.3, 0.4) is 0 Å². The van der Waals surface area contributed by atoms with Gasteiger partial charge in [0.2, 0.25) is 5.92 Å². The summed E-state index contributed by atoms with van der Waals surface area (Å²) in [5.41, 5.74) is -0.701. The molecule has 0 saturated carbocycles. The number of anilines is 1. The van der Waals surface area contributed by atoms with E-state index in [1.807, 2.05) is 0 Å². The van der Waals surface area contributed by atoms with Crippen LogP contribution >= 0.6 is 0 Å². The number of hydrogen-bond acceptors (Lipinski definition) is 4. The third-order valence-electron chi connectivity index (χ3n) is 5.82. The zero-order valence-electron chi connectivity index (χ0n) is 18.2. The third-order valence-corrected chi connectivity index (χ3v) is 5.82. The molecule has 1 aliphatic heterocycles. The number of hydrogen-bond donors (Lipinski definition) is 2. The van der Waals surface area contributed by atoms with Crippen LogP contribution < -0.4 is 15.9 Å². The molecule has 9 heteroatoms. The Hall–Kier alpha value is -3.10. The zero-order valence-corrected chi connectivity index (χ0v) is 18.2. The quantitative estimate of drug-likeness (QED) is 0.624. The number of halogens is 3. The number of aromatic amines is 2. The summed E-state index contributed by atoms with van der Waals surface area (Å²) in [4.78, 5) is 36.6. The molecule has 0 atom stereocenters. The summed E-state index contributed by atoms with van der Waals surface area (Å²) in [5, 5.41) is -0.00147. The Balaban J connectivity index is 1.94. The van der Waals surface area contributed by atoms with Gasteiger partial charge in [-0.15, -0.1) is 0 Å². The second-order valence-corrected chi connectivity index (χ2v) is 8.84. The lowest BCUT2D eigenvalue weighted by atomic mass is 9.98. The molecule has 1 saturated heterocycles. The largest absolute Gasteiger partial charge is 0.356 e. The van der Waals surface area contributed by atoms with Crippen molar-refractivity contribution in [2.45, 2.75) is 51.6 Å². The molecule has 170 valence electrons. The second kappa shape index (κ2) is 7.79. The van der Waals surface area contributed by atoms with Crippen LogP contribution in [0.25, 0.3) is 22.2 Å². The number of H-pyrrole nitrogens is 2. The molecule has 4 rings (SSSR count). The van der Waals surface area contributed by atoms with Crippen molar-refractivity contribution in [3.8, 4) is 11.3 Å². The van der Waals surface area contributed by atoms with Crippen molar-refractivity contribution in [1.82, 2.24) is 15.0 Å². The first-order valence-electron chi connectivity index (χ1n) is 10.6. The fraction of sp³-hybridized carbons (Fsp3) is 0.435. The summed E-state index contributed by atoms with van der Waals surface area (Å²) < 4.78 is 42.9. The van der Waals surface area contributed by atoms with Crippen LogP contribution in [0.2, 0.25) is 0 Å². The molecule has 0 aliphatic carbocycles. The number of alkyl halides is 3. The highest BCUT2D eigenvalue weighted by atomic mass is 19.3. The summed E-state index contributed by atoms with van der Waals surface area (Å²) in [5.74, 6) is -2.42. The van der Waals surface area contributed by atoms with E-state index < -0.39 is 22.6 Å². The van der Waals surface area contributed by atoms with E-state index in [9.17, 15) is 22.8 Å². The van der Waals surface area contributed by atoms with Gasteiger partial charge in [0, 0.05) is 43.8 Å². The van der Waals surface area contributed by atoms with Crippen molar-refractivity contribution >= 4 is 16.7 Å². The summed E-state index contributed by atoms with van der Waals surface area (Å²) in [6, 6.07) is 4.59. The van der Waals surface area contributed by atoms with Crippen molar-refractivity contribution in [3.05, 3.63) is 56.2 Å². The SMILES string of the molecule is Cc1cc(-c2cc(=O)c3c(=O)[nH]ccc3[nH]2)c(N2CCCC(F)(F)CC2)nc1C(C)(C)F. The predicted molar refractivity (Wildman–Crippen MR) is 118 cm³/mol. The average molecular weight is 446 g/mol. The molecule has 4 heterocycles. The van der Waals surface area contributed by atoms with Crippen LogP contribution in [0.15, 0.2) is 34.0 Å². The van der Waals surface area contributed by atoms with E-state index in [0.29, 0.717) is 34.7 Å². The fourth-order valence-corrected chi connectivity index (χ4v) is 4.28. The minimum absolute atomic E-state index is 0.00147. The maximum absolute atomic E-state index is 14.9. The number of nitrogens with one attached hydrogen (secondary N) is 2. The molecule has 2 N–H and O–H groups in total. The maximum Gasteiger partial charge on any atom is 0.261 e. The van der Waals surface area contributed by atoms with Crippen molar-refractivity contribution in [1.29, 1.82) is 0 Å². The predicted octanol–water partition coefficient (Wildman–Crippen LogP) is 4.42. The molecule has 1 aliphatic rings. The molecular weight excluding hydrogens is 421 g/mol. The number of fused-ring (bicyclic) bond motifs is 1. The van der Waals surface area contributed by atoms with Crippen molar-refractivity contribution in [3.63, 3.8) is 0 Å². The molecule has 0 bridgehead atoms. The molecule has 3 aromatic heterocycles. The van der Waals surface area contributed by atoms with Gasteiger partial charge in [0.25, 0.3) is 5.56 Å². The van der Waals surface area contributed by atoms with Crippen molar-refractivity contribution < 1.29 is 13.2 Å². The van der Waals surface area contributed by atoms with Gasteiger partial charge in [0.1, 0.15) is 16.9 Å². The van der Waals surface area contributed by atoms with Gasteiger partial charge >= 0.3 is 0 Å². The van der Waals surface area contributed by atoms with E-state index in [2.05, 4.69) is 15.0 Å². The Morgan fingerprint density at radius 1 is 1.16 bits per heavy atom. The Morgan fingerprint density at radius 3 is 2.62 bits per heavy atom. The first-order chi connectivity index (χ1) is 15.0. The van der Waals surface area contributed by atoms with E-state index in [4.69, 9.17) is 0 Å². The van der Waals surface area contributed by atoms with E-state index in [-0.39, 0.29) is 36.9 Å². The zero-order chi connectivity index (χ0) is 23.3. The van der Waals surface area contributed by atoms with E-state index >= 15 is 0 Å². The highest BCUT2D eigenvalue weighted by Crippen LogP contribution is 2.37. The maximum atomic E-state index is 14.9. The molecular formula is C23H25F3N4O2. The average Bonchev–Trinajstić information content (AvgIpc) is 2.87. The molecule has 0 spiro atoms. The van der Waals surface area contributed by atoms with Crippen LogP contribution in [-0.2, 0) is 5.67 Å². The summed E-state index contributed by atoms with van der Waals surface area (Å²) >= 11 is 0. The van der Waals surface area contributed by atoms with Gasteiger partial charge < -0.3 is 14.9 Å². The van der Waals surface area contributed by atoms with Gasteiger partial charge in [-0.25, -0.2) is 18.2 Å². The van der Waals surface area contributed by atoms with Gasteiger partial charge in [-0.05, 0) is 44.9 Å². The van der Waals surface area contributed by atoms with E-state index in [1.165, 1.54) is 26.1 Å². The molecule has 0 aromatic carbocycles. The summed E-state index contributed by atoms with van der Waals surface area (Å²) in [6.45, 7) is 4.90. The molecule has 1 fully saturated rings. The smallest absolute Gasteiger partial charge is 0.261 e. The monoisotopic (exact) mass is 446 g/mol. The lowest BCUT2D eigenvalue weighted by molar-refractivity contribution is -0.0102. The normalized spacial score (nSPS) is 16.9. The fourth-order valence-electron chi connectivity index (χ4n) is 4.28. The first kappa shape index (κ1) is 22.1. The molecule has 0 unspecified atom stereocenters. The minimum atomic E-state index is -2.76. The molecule has 0 amide bonds. The van der Waals surface area contributed by atoms with Crippen LogP contribution in [-0.4, -0.2) is 34.0 Å². The van der Waals surface area contributed by atoms with Crippen LogP contribution in [0.5, 0.6) is 0 Å². The van der Waals surface area contributed by atoms with Gasteiger partial charge in [-0.1, -0.05) is 0 Å². The highest BCUT2D eigenvalue weighted by molar-refractivity contribution is 5.83. The number of nitrogens with zero attached hydrogens (tertiary/aromatic N) is 2. The number of aryl methyl sites for hydroxylation is 1. The second-order valence-electron chi connectivity index (χ2n) is 8.84. The highest BCUT2D eigenvalue weighted by Gasteiger charge is 2.34. The van der Waals surface area contributed by atoms with Gasteiger partial charge in [-0.2, -0.15) is 0 Å². The Kier molecular flexibility index (Phi) is 5.38. The van der Waals surface area contributed by atoms with E-state index in [1.54, 1.807) is 24.0 Å². The van der Waals surface area contributed by atoms with Crippen LogP contribution in [0.1, 0.15) is 44.4 Å². The number of pyridine rings is 3. The third kappa shape index (κ3) is 4.16. The van der Waals surface area contributed by atoms with Gasteiger partial charge in [0.05, 0.1) is 16.9 Å². The van der Waals surface area contributed by atoms with Gasteiger partial charge in [-0.3, -0.25) is 9.59 Å². The standard InChI is InChI=1S/C23H25F3N4O2/c1-13-11-14(16-12-17(31)18-15(28-16)5-8-27-21(18)32)20(29-19(13)22(2,3)24)30-9-4-6-23(25,26)7-10-30/h5,8,11-12H,4,6-7,9-10H2,1-3H3,(H,27,32)(H,28,31). The molecule has 6 nitrogen and oxygen atoms in total. The molecule has 3 aromatic rings.